The zero-order valence-corrected chi connectivity index (χ0v) is 17.8. The van der Waals surface area contributed by atoms with E-state index in [1.54, 1.807) is 65.4 Å². The van der Waals surface area contributed by atoms with Gasteiger partial charge >= 0.3 is 6.03 Å². The molecule has 0 saturated carbocycles. The van der Waals surface area contributed by atoms with Crippen LogP contribution in [0.3, 0.4) is 0 Å². The lowest BCUT2D eigenvalue weighted by Gasteiger charge is -2.36. The topological polar surface area (TPSA) is 61.9 Å². The number of halogens is 1. The van der Waals surface area contributed by atoms with Gasteiger partial charge in [-0.3, -0.25) is 9.69 Å². The van der Waals surface area contributed by atoms with Gasteiger partial charge < -0.3 is 15.0 Å². The minimum absolute atomic E-state index is 0.112. The number of methoxy groups -OCH3 is 1. The van der Waals surface area contributed by atoms with Crippen molar-refractivity contribution < 1.29 is 18.7 Å². The molecule has 3 amide bonds. The zero-order chi connectivity index (χ0) is 22.5. The van der Waals surface area contributed by atoms with Gasteiger partial charge in [0.05, 0.1) is 7.11 Å². The Labute approximate surface area is 186 Å². The largest absolute Gasteiger partial charge is 0.497 e. The number of amides is 3. The van der Waals surface area contributed by atoms with Crippen LogP contribution in [0.2, 0.25) is 0 Å². The van der Waals surface area contributed by atoms with E-state index in [9.17, 15) is 14.0 Å². The van der Waals surface area contributed by atoms with E-state index in [4.69, 9.17) is 4.74 Å². The number of nitrogens with zero attached hydrogens (tertiary/aromatic N) is 2. The Morgan fingerprint density at radius 3 is 2.50 bits per heavy atom. The number of rotatable bonds is 6. The first-order valence-corrected chi connectivity index (χ1v) is 10.4. The number of anilines is 2. The van der Waals surface area contributed by atoms with Gasteiger partial charge in [0.2, 0.25) is 0 Å². The van der Waals surface area contributed by atoms with Crippen molar-refractivity contribution >= 4 is 23.3 Å². The maximum absolute atomic E-state index is 13.2. The second-order valence-electron chi connectivity index (χ2n) is 7.57. The first-order chi connectivity index (χ1) is 15.5. The summed E-state index contributed by atoms with van der Waals surface area (Å²) in [5.74, 6) is 0.138. The highest BCUT2D eigenvalue weighted by Crippen LogP contribution is 2.25. The fourth-order valence-electron chi connectivity index (χ4n) is 3.68. The van der Waals surface area contributed by atoms with Gasteiger partial charge in [-0.15, -0.1) is 0 Å². The minimum Gasteiger partial charge on any atom is -0.497 e. The Hall–Kier alpha value is -3.87. The molecule has 1 aliphatic rings. The van der Waals surface area contributed by atoms with E-state index in [1.165, 1.54) is 12.1 Å². The fraction of sp³-hybridized carbons (Fsp3) is 0.200. The van der Waals surface area contributed by atoms with Crippen LogP contribution in [-0.4, -0.2) is 37.0 Å². The van der Waals surface area contributed by atoms with Gasteiger partial charge in [0.15, 0.2) is 0 Å². The average Bonchev–Trinajstić information content (AvgIpc) is 2.82. The Kier molecular flexibility index (Phi) is 6.35. The molecule has 0 atom stereocenters. The average molecular weight is 433 g/mol. The standard InChI is InChI=1S/C25H24FN3O3/c1-32-23-12-8-19(9-13-23)24(30)27-21-4-2-5-22(16-21)29-15-3-14-28(25(29)31)17-18-6-10-20(26)11-7-18/h2,4-13,16H,3,14-15,17H2,1H3,(H,27,30). The second kappa shape index (κ2) is 9.51. The van der Waals surface area contributed by atoms with Crippen molar-refractivity contribution in [2.24, 2.45) is 0 Å². The lowest BCUT2D eigenvalue weighted by Crippen LogP contribution is -2.49. The summed E-state index contributed by atoms with van der Waals surface area (Å²) in [6.07, 6.45) is 0.815. The van der Waals surface area contributed by atoms with Crippen molar-refractivity contribution in [1.29, 1.82) is 0 Å². The van der Waals surface area contributed by atoms with E-state index >= 15 is 0 Å². The zero-order valence-electron chi connectivity index (χ0n) is 17.8. The number of carbonyl (C=O) groups is 2. The predicted octanol–water partition coefficient (Wildman–Crippen LogP) is 4.92. The molecule has 32 heavy (non-hydrogen) atoms. The summed E-state index contributed by atoms with van der Waals surface area (Å²) < 4.78 is 18.3. The monoisotopic (exact) mass is 433 g/mol. The van der Waals surface area contributed by atoms with Gasteiger partial charge in [-0.1, -0.05) is 18.2 Å². The van der Waals surface area contributed by atoms with Crippen LogP contribution >= 0.6 is 0 Å². The van der Waals surface area contributed by atoms with Crippen LogP contribution in [0.1, 0.15) is 22.3 Å². The van der Waals surface area contributed by atoms with Gasteiger partial charge in [-0.2, -0.15) is 0 Å². The van der Waals surface area contributed by atoms with Crippen molar-refractivity contribution in [3.8, 4) is 5.75 Å². The highest BCUT2D eigenvalue weighted by atomic mass is 19.1. The van der Waals surface area contributed by atoms with Crippen molar-refractivity contribution in [3.63, 3.8) is 0 Å². The second-order valence-corrected chi connectivity index (χ2v) is 7.57. The molecule has 0 unspecified atom stereocenters. The number of benzene rings is 3. The Morgan fingerprint density at radius 1 is 1.03 bits per heavy atom. The maximum Gasteiger partial charge on any atom is 0.324 e. The Balaban J connectivity index is 1.46. The molecule has 6 nitrogen and oxygen atoms in total. The molecule has 3 aromatic carbocycles. The van der Waals surface area contributed by atoms with Crippen LogP contribution in [0.15, 0.2) is 72.8 Å². The first-order valence-electron chi connectivity index (χ1n) is 10.4. The van der Waals surface area contributed by atoms with Crippen molar-refractivity contribution in [2.45, 2.75) is 13.0 Å². The predicted molar refractivity (Wildman–Crippen MR) is 122 cm³/mol. The maximum atomic E-state index is 13.2. The molecular weight excluding hydrogens is 409 g/mol. The third kappa shape index (κ3) is 4.88. The number of urea groups is 1. The van der Waals surface area contributed by atoms with E-state index in [2.05, 4.69) is 5.32 Å². The highest BCUT2D eigenvalue weighted by molar-refractivity contribution is 6.04. The van der Waals surface area contributed by atoms with Gasteiger partial charge in [0, 0.05) is 36.6 Å². The summed E-state index contributed by atoms with van der Waals surface area (Å²) in [5.41, 5.74) is 2.70. The molecule has 0 radical (unpaired) electrons. The van der Waals surface area contributed by atoms with E-state index in [1.807, 2.05) is 12.1 Å². The molecular formula is C25H24FN3O3. The van der Waals surface area contributed by atoms with E-state index in [-0.39, 0.29) is 17.8 Å². The summed E-state index contributed by atoms with van der Waals surface area (Å²) in [5, 5.41) is 2.88. The van der Waals surface area contributed by atoms with E-state index < -0.39 is 0 Å². The molecule has 1 N–H and O–H groups in total. The van der Waals surface area contributed by atoms with Gasteiger partial charge in [0.1, 0.15) is 11.6 Å². The summed E-state index contributed by atoms with van der Waals surface area (Å²) in [4.78, 5) is 29.1. The first kappa shape index (κ1) is 21.4. The molecule has 0 aromatic heterocycles. The number of hydrogen-bond acceptors (Lipinski definition) is 3. The van der Waals surface area contributed by atoms with Crippen LogP contribution in [-0.2, 0) is 6.54 Å². The van der Waals surface area contributed by atoms with Crippen molar-refractivity contribution in [3.05, 3.63) is 89.7 Å². The highest BCUT2D eigenvalue weighted by Gasteiger charge is 2.27. The summed E-state index contributed by atoms with van der Waals surface area (Å²) in [6.45, 7) is 1.65. The van der Waals surface area contributed by atoms with E-state index in [0.29, 0.717) is 42.3 Å². The minimum atomic E-state index is -0.297. The summed E-state index contributed by atoms with van der Waals surface area (Å²) in [6, 6.07) is 20.2. The van der Waals surface area contributed by atoms with Gasteiger partial charge in [-0.05, 0) is 66.6 Å². The molecule has 0 aliphatic carbocycles. The molecule has 7 heteroatoms. The number of ether oxygens (including phenoxy) is 1. The van der Waals surface area contributed by atoms with Crippen molar-refractivity contribution in [1.82, 2.24) is 4.90 Å². The SMILES string of the molecule is COc1ccc(C(=O)Nc2cccc(N3CCCN(Cc4ccc(F)cc4)C3=O)c2)cc1. The molecule has 1 fully saturated rings. The van der Waals surface area contributed by atoms with Crippen LogP contribution in [0.5, 0.6) is 5.75 Å². The number of carbonyl (C=O) groups excluding carboxylic acids is 2. The summed E-state index contributed by atoms with van der Waals surface area (Å²) >= 11 is 0. The smallest absolute Gasteiger partial charge is 0.324 e. The molecule has 3 aromatic rings. The molecule has 1 saturated heterocycles. The van der Waals surface area contributed by atoms with Gasteiger partial charge in [0.25, 0.3) is 5.91 Å². The molecule has 0 bridgehead atoms. The molecule has 4 rings (SSSR count). The van der Waals surface area contributed by atoms with Crippen LogP contribution in [0.25, 0.3) is 0 Å². The Morgan fingerprint density at radius 2 is 1.78 bits per heavy atom. The van der Waals surface area contributed by atoms with E-state index in [0.717, 1.165) is 12.0 Å². The Bertz CT molecular complexity index is 1100. The lowest BCUT2D eigenvalue weighted by molar-refractivity contribution is 0.102. The quantitative estimate of drug-likeness (QED) is 0.600. The number of hydrogen-bond donors (Lipinski definition) is 1. The third-order valence-corrected chi connectivity index (χ3v) is 5.37. The molecule has 164 valence electrons. The third-order valence-electron chi connectivity index (χ3n) is 5.37. The van der Waals surface area contributed by atoms with Crippen LogP contribution < -0.4 is 15.0 Å². The van der Waals surface area contributed by atoms with Crippen LogP contribution in [0.4, 0.5) is 20.6 Å². The van der Waals surface area contributed by atoms with Gasteiger partial charge in [-0.25, -0.2) is 9.18 Å². The normalized spacial score (nSPS) is 13.8. The summed E-state index contributed by atoms with van der Waals surface area (Å²) in [7, 11) is 1.57. The fourth-order valence-corrected chi connectivity index (χ4v) is 3.68. The molecule has 0 spiro atoms. The van der Waals surface area contributed by atoms with Crippen LogP contribution in [0, 0.1) is 5.82 Å². The van der Waals surface area contributed by atoms with Crippen molar-refractivity contribution in [2.75, 3.05) is 30.4 Å². The number of nitrogens with one attached hydrogen (secondary N) is 1. The molecule has 1 aliphatic heterocycles. The lowest BCUT2D eigenvalue weighted by atomic mass is 10.1. The molecule has 1 heterocycles.